The van der Waals surface area contributed by atoms with Crippen molar-refractivity contribution in [2.45, 2.75) is 5.92 Å². The number of carbonyl (C=O) groups is 1. The highest BCUT2D eigenvalue weighted by Gasteiger charge is 2.19. The van der Waals surface area contributed by atoms with Crippen LogP contribution in [0.1, 0.15) is 11.5 Å². The number of carbonyl (C=O) groups excluding carboxylic acids is 1. The van der Waals surface area contributed by atoms with Gasteiger partial charge in [0.05, 0.1) is 13.0 Å². The molecular formula is C20H18N4O2. The highest BCUT2D eigenvalue weighted by atomic mass is 16.5. The van der Waals surface area contributed by atoms with Gasteiger partial charge in [0.2, 0.25) is 5.91 Å². The molecule has 0 bridgehead atoms. The number of anilines is 1. The number of amides is 1. The summed E-state index contributed by atoms with van der Waals surface area (Å²) in [6.07, 6.45) is 4.87. The third kappa shape index (κ3) is 4.51. The van der Waals surface area contributed by atoms with E-state index in [1.54, 1.807) is 43.9 Å². The summed E-state index contributed by atoms with van der Waals surface area (Å²) in [4.78, 5) is 25.4. The molecule has 0 aliphatic heterocycles. The molecular weight excluding hydrogens is 328 g/mol. The van der Waals surface area contributed by atoms with Gasteiger partial charge in [-0.1, -0.05) is 24.3 Å². The highest BCUT2D eigenvalue weighted by molar-refractivity contribution is 6.06. The Labute approximate surface area is 151 Å². The van der Waals surface area contributed by atoms with Crippen LogP contribution in [0.5, 0.6) is 5.75 Å². The van der Waals surface area contributed by atoms with Crippen molar-refractivity contribution in [2.75, 3.05) is 12.4 Å². The molecule has 1 N–H and O–H groups in total. The summed E-state index contributed by atoms with van der Waals surface area (Å²) >= 11 is 0. The van der Waals surface area contributed by atoms with Crippen molar-refractivity contribution in [2.24, 2.45) is 4.99 Å². The molecule has 6 heteroatoms. The molecule has 1 amide bonds. The Bertz CT molecular complexity index is 865. The van der Waals surface area contributed by atoms with E-state index in [1.807, 2.05) is 42.5 Å². The first kappa shape index (κ1) is 17.3. The van der Waals surface area contributed by atoms with Crippen LogP contribution in [0.3, 0.4) is 0 Å². The molecule has 0 radical (unpaired) electrons. The smallest absolute Gasteiger partial charge is 0.238 e. The van der Waals surface area contributed by atoms with E-state index in [-0.39, 0.29) is 5.91 Å². The zero-order valence-electron chi connectivity index (χ0n) is 14.2. The van der Waals surface area contributed by atoms with Crippen molar-refractivity contribution in [3.8, 4) is 5.75 Å². The molecule has 6 nitrogen and oxygen atoms in total. The Morgan fingerprint density at radius 1 is 1.04 bits per heavy atom. The Hall–Kier alpha value is -3.54. The highest BCUT2D eigenvalue weighted by Crippen LogP contribution is 2.21. The molecule has 0 fully saturated rings. The van der Waals surface area contributed by atoms with Gasteiger partial charge in [0.15, 0.2) is 5.82 Å². The summed E-state index contributed by atoms with van der Waals surface area (Å²) in [6, 6.07) is 18.1. The van der Waals surface area contributed by atoms with E-state index in [2.05, 4.69) is 20.3 Å². The monoisotopic (exact) mass is 346 g/mol. The van der Waals surface area contributed by atoms with Crippen LogP contribution in [0.2, 0.25) is 0 Å². The SMILES string of the molecule is COc1ccc(C(C=Nc2ccccn2)C(=O)Nc2ccccn2)cc1. The number of benzene rings is 1. The minimum atomic E-state index is -0.593. The molecule has 130 valence electrons. The maximum atomic E-state index is 12.8. The first-order valence-corrected chi connectivity index (χ1v) is 8.07. The van der Waals surface area contributed by atoms with E-state index < -0.39 is 5.92 Å². The minimum Gasteiger partial charge on any atom is -0.497 e. The summed E-state index contributed by atoms with van der Waals surface area (Å²) in [6.45, 7) is 0. The van der Waals surface area contributed by atoms with Crippen molar-refractivity contribution in [3.05, 3.63) is 78.6 Å². The minimum absolute atomic E-state index is 0.228. The second-order valence-electron chi connectivity index (χ2n) is 5.42. The number of rotatable bonds is 6. The van der Waals surface area contributed by atoms with Crippen molar-refractivity contribution < 1.29 is 9.53 Å². The fraction of sp³-hybridized carbons (Fsp3) is 0.100. The fourth-order valence-electron chi connectivity index (χ4n) is 2.34. The fourth-order valence-corrected chi connectivity index (χ4v) is 2.34. The van der Waals surface area contributed by atoms with E-state index in [0.717, 1.165) is 11.3 Å². The van der Waals surface area contributed by atoms with Crippen LogP contribution in [0.4, 0.5) is 11.6 Å². The van der Waals surface area contributed by atoms with Gasteiger partial charge in [0.25, 0.3) is 0 Å². The van der Waals surface area contributed by atoms with Crippen LogP contribution >= 0.6 is 0 Å². The lowest BCUT2D eigenvalue weighted by Crippen LogP contribution is -2.22. The lowest BCUT2D eigenvalue weighted by molar-refractivity contribution is -0.116. The molecule has 0 spiro atoms. The number of nitrogens with zero attached hydrogens (tertiary/aromatic N) is 3. The predicted molar refractivity (Wildman–Crippen MR) is 101 cm³/mol. The van der Waals surface area contributed by atoms with Crippen LogP contribution in [0.15, 0.2) is 78.0 Å². The van der Waals surface area contributed by atoms with E-state index in [1.165, 1.54) is 0 Å². The van der Waals surface area contributed by atoms with E-state index in [0.29, 0.717) is 11.6 Å². The third-order valence-electron chi connectivity index (χ3n) is 3.68. The first-order valence-electron chi connectivity index (χ1n) is 8.07. The largest absolute Gasteiger partial charge is 0.497 e. The maximum absolute atomic E-state index is 12.8. The molecule has 0 aliphatic rings. The second kappa shape index (κ2) is 8.53. The van der Waals surface area contributed by atoms with Gasteiger partial charge < -0.3 is 10.1 Å². The molecule has 3 aromatic rings. The number of hydrogen-bond donors (Lipinski definition) is 1. The summed E-state index contributed by atoms with van der Waals surface area (Å²) < 4.78 is 5.18. The molecule has 1 aromatic carbocycles. The van der Waals surface area contributed by atoms with Crippen LogP contribution in [0.25, 0.3) is 0 Å². The summed E-state index contributed by atoms with van der Waals surface area (Å²) in [5.74, 6) is 0.927. The molecule has 3 rings (SSSR count). The number of aromatic nitrogens is 2. The van der Waals surface area contributed by atoms with Gasteiger partial charge in [0.1, 0.15) is 11.6 Å². The molecule has 0 aliphatic carbocycles. The Morgan fingerprint density at radius 3 is 2.38 bits per heavy atom. The average molecular weight is 346 g/mol. The van der Waals surface area contributed by atoms with Gasteiger partial charge in [-0.2, -0.15) is 0 Å². The van der Waals surface area contributed by atoms with E-state index in [4.69, 9.17) is 4.74 Å². The van der Waals surface area contributed by atoms with Gasteiger partial charge >= 0.3 is 0 Å². The number of aliphatic imine (C=N–C) groups is 1. The van der Waals surface area contributed by atoms with Crippen LogP contribution < -0.4 is 10.1 Å². The molecule has 0 saturated heterocycles. The molecule has 1 unspecified atom stereocenters. The lowest BCUT2D eigenvalue weighted by Gasteiger charge is -2.13. The van der Waals surface area contributed by atoms with Crippen molar-refractivity contribution in [3.63, 3.8) is 0 Å². The van der Waals surface area contributed by atoms with Gasteiger partial charge in [-0.15, -0.1) is 0 Å². The number of nitrogens with one attached hydrogen (secondary N) is 1. The predicted octanol–water partition coefficient (Wildman–Crippen LogP) is 3.61. The average Bonchev–Trinajstić information content (AvgIpc) is 2.70. The summed E-state index contributed by atoms with van der Waals surface area (Å²) in [5.41, 5.74) is 0.791. The van der Waals surface area contributed by atoms with E-state index >= 15 is 0 Å². The Morgan fingerprint density at radius 2 is 1.77 bits per heavy atom. The van der Waals surface area contributed by atoms with Crippen LogP contribution in [-0.4, -0.2) is 29.2 Å². The normalized spacial score (nSPS) is 11.9. The second-order valence-corrected chi connectivity index (χ2v) is 5.42. The number of pyridine rings is 2. The molecule has 2 heterocycles. The topological polar surface area (TPSA) is 76.5 Å². The number of hydrogen-bond acceptors (Lipinski definition) is 5. The number of methoxy groups -OCH3 is 1. The summed E-state index contributed by atoms with van der Waals surface area (Å²) in [5, 5.41) is 2.81. The zero-order valence-corrected chi connectivity index (χ0v) is 14.2. The van der Waals surface area contributed by atoms with E-state index in [9.17, 15) is 4.79 Å². The van der Waals surface area contributed by atoms with Gasteiger partial charge in [-0.25, -0.2) is 15.0 Å². The van der Waals surface area contributed by atoms with Gasteiger partial charge in [-0.3, -0.25) is 4.79 Å². The van der Waals surface area contributed by atoms with Gasteiger partial charge in [-0.05, 0) is 42.0 Å². The summed E-state index contributed by atoms with van der Waals surface area (Å²) in [7, 11) is 1.60. The lowest BCUT2D eigenvalue weighted by atomic mass is 9.99. The molecule has 26 heavy (non-hydrogen) atoms. The van der Waals surface area contributed by atoms with Crippen molar-refractivity contribution in [1.29, 1.82) is 0 Å². The Kier molecular flexibility index (Phi) is 5.67. The third-order valence-corrected chi connectivity index (χ3v) is 3.68. The first-order chi connectivity index (χ1) is 12.8. The maximum Gasteiger partial charge on any atom is 0.238 e. The van der Waals surface area contributed by atoms with Gasteiger partial charge in [0, 0.05) is 18.6 Å². The molecule has 1 atom stereocenters. The quantitative estimate of drug-likeness (QED) is 0.692. The standard InChI is InChI=1S/C20H18N4O2/c1-26-16-10-8-15(9-11-16)17(14-23-18-6-2-4-12-21-18)20(25)24-19-7-3-5-13-22-19/h2-14,17H,1H3,(H,22,24,25). The Balaban J connectivity index is 1.87. The van der Waals surface area contributed by atoms with Crippen LogP contribution in [-0.2, 0) is 4.79 Å². The molecule has 0 saturated carbocycles. The van der Waals surface area contributed by atoms with Crippen molar-refractivity contribution >= 4 is 23.8 Å². The number of ether oxygens (including phenoxy) is 1. The van der Waals surface area contributed by atoms with Crippen LogP contribution in [0, 0.1) is 0 Å². The molecule has 2 aromatic heterocycles. The zero-order chi connectivity index (χ0) is 18.2. The van der Waals surface area contributed by atoms with Crippen molar-refractivity contribution in [1.82, 2.24) is 9.97 Å².